The number of carbonyl (C=O) groups excluding carboxylic acids is 1. The molecule has 2 aromatic rings. The van der Waals surface area contributed by atoms with Crippen LogP contribution in [-0.2, 0) is 12.6 Å². The van der Waals surface area contributed by atoms with E-state index in [-0.39, 0.29) is 11.5 Å². The highest BCUT2D eigenvalue weighted by Crippen LogP contribution is 2.15. The summed E-state index contributed by atoms with van der Waals surface area (Å²) in [6, 6.07) is 13.6. The number of rotatable bonds is 2. The molecule has 0 amide bonds. The van der Waals surface area contributed by atoms with Gasteiger partial charge in [-0.25, -0.2) is 0 Å². The summed E-state index contributed by atoms with van der Waals surface area (Å²) in [6.45, 7) is 0. The second kappa shape index (κ2) is 3.84. The molecule has 0 atom stereocenters. The van der Waals surface area contributed by atoms with Crippen molar-refractivity contribution in [3.8, 4) is 0 Å². The molecule has 0 aromatic heterocycles. The van der Waals surface area contributed by atoms with Crippen LogP contribution in [0.25, 0.3) is 10.8 Å². The molecule has 2 rings (SSSR count). The van der Waals surface area contributed by atoms with E-state index in [1.54, 1.807) is 0 Å². The third-order valence-electron chi connectivity index (χ3n) is 2.20. The number of ketones is 1. The molecule has 2 aromatic carbocycles. The van der Waals surface area contributed by atoms with Gasteiger partial charge in [-0.2, -0.15) is 0 Å². The van der Waals surface area contributed by atoms with Crippen molar-refractivity contribution >= 4 is 29.2 Å². The summed E-state index contributed by atoms with van der Waals surface area (Å²) < 4.78 is 0. The number of benzene rings is 2. The molecule has 0 aliphatic rings. The minimum Gasteiger partial charge on any atom is -0.785 e. The second-order valence-electron chi connectivity index (χ2n) is 3.13. The lowest BCUT2D eigenvalue weighted by Crippen LogP contribution is -2.01. The normalized spacial score (nSPS) is 10.4. The molecule has 0 bridgehead atoms. The molecule has 14 heavy (non-hydrogen) atoms. The molecule has 0 spiro atoms. The molecular formula is C12H9OS-. The Bertz CT molecular complexity index is 476. The van der Waals surface area contributed by atoms with Gasteiger partial charge in [0.05, 0.1) is 0 Å². The number of carbonyl (C=O) groups is 1. The van der Waals surface area contributed by atoms with E-state index in [4.69, 9.17) is 12.6 Å². The molecule has 0 fully saturated rings. The second-order valence-corrected chi connectivity index (χ2v) is 3.42. The number of hydrogen-bond donors (Lipinski definition) is 0. The van der Waals surface area contributed by atoms with Crippen molar-refractivity contribution < 1.29 is 4.79 Å². The van der Waals surface area contributed by atoms with Gasteiger partial charge in [-0.3, -0.25) is 4.79 Å². The van der Waals surface area contributed by atoms with E-state index in [1.165, 1.54) is 0 Å². The van der Waals surface area contributed by atoms with Gasteiger partial charge in [0, 0.05) is 5.56 Å². The summed E-state index contributed by atoms with van der Waals surface area (Å²) >= 11 is 4.73. The quantitative estimate of drug-likeness (QED) is 0.548. The van der Waals surface area contributed by atoms with Gasteiger partial charge in [0.1, 0.15) is 5.78 Å². The Morgan fingerprint density at radius 3 is 2.50 bits per heavy atom. The molecule has 2 heteroatoms. The standard InChI is InChI=1S/C12H10OS/c13-12(8-14)11-6-5-9-3-1-2-4-10(9)7-11/h1-7,14H,8H2/p-1. The lowest BCUT2D eigenvalue weighted by atomic mass is 10.1. The summed E-state index contributed by atoms with van der Waals surface area (Å²) in [7, 11) is 0. The zero-order valence-corrected chi connectivity index (χ0v) is 8.38. The lowest BCUT2D eigenvalue weighted by molar-refractivity contribution is 0.102. The fourth-order valence-electron chi connectivity index (χ4n) is 1.45. The van der Waals surface area contributed by atoms with Crippen LogP contribution in [0.1, 0.15) is 10.4 Å². The first-order valence-electron chi connectivity index (χ1n) is 4.41. The number of Topliss-reactive ketones (excluding diaryl/α,β-unsaturated/α-hetero) is 1. The summed E-state index contributed by atoms with van der Waals surface area (Å²) in [6.07, 6.45) is 0. The van der Waals surface area contributed by atoms with Crippen molar-refractivity contribution in [1.82, 2.24) is 0 Å². The SMILES string of the molecule is O=C(C[S-])c1ccc2ccccc2c1. The van der Waals surface area contributed by atoms with Crippen molar-refractivity contribution in [2.75, 3.05) is 5.75 Å². The Labute approximate surface area is 88.2 Å². The summed E-state index contributed by atoms with van der Waals surface area (Å²) in [4.78, 5) is 11.4. The number of hydrogen-bond acceptors (Lipinski definition) is 2. The van der Waals surface area contributed by atoms with Crippen molar-refractivity contribution in [2.24, 2.45) is 0 Å². The third-order valence-corrected chi connectivity index (χ3v) is 2.46. The highest BCUT2D eigenvalue weighted by atomic mass is 32.1. The van der Waals surface area contributed by atoms with Gasteiger partial charge in [0.25, 0.3) is 0 Å². The van der Waals surface area contributed by atoms with Crippen LogP contribution in [-0.4, -0.2) is 11.5 Å². The van der Waals surface area contributed by atoms with Gasteiger partial charge in [0.2, 0.25) is 0 Å². The number of fused-ring (bicyclic) bond motifs is 1. The first-order valence-corrected chi connectivity index (χ1v) is 4.99. The van der Waals surface area contributed by atoms with Crippen LogP contribution in [0, 0.1) is 0 Å². The maximum absolute atomic E-state index is 11.4. The third kappa shape index (κ3) is 1.66. The summed E-state index contributed by atoms with van der Waals surface area (Å²) in [5, 5.41) is 2.23. The minimum absolute atomic E-state index is 0.0192. The van der Waals surface area contributed by atoms with Gasteiger partial charge in [-0.05, 0) is 16.8 Å². The first kappa shape index (κ1) is 9.28. The zero-order valence-electron chi connectivity index (χ0n) is 7.57. The predicted molar refractivity (Wildman–Crippen MR) is 60.5 cm³/mol. The smallest absolute Gasteiger partial charge is 0.139 e. The largest absolute Gasteiger partial charge is 0.785 e. The van der Waals surface area contributed by atoms with Crippen molar-refractivity contribution in [2.45, 2.75) is 0 Å². The Hall–Kier alpha value is -1.28. The minimum atomic E-state index is 0.0192. The maximum atomic E-state index is 11.4. The molecule has 70 valence electrons. The van der Waals surface area contributed by atoms with Gasteiger partial charge in [-0.15, -0.1) is 5.75 Å². The highest BCUT2D eigenvalue weighted by molar-refractivity contribution is 7.59. The Balaban J connectivity index is 2.56. The van der Waals surface area contributed by atoms with Gasteiger partial charge in [0.15, 0.2) is 0 Å². The van der Waals surface area contributed by atoms with Crippen molar-refractivity contribution in [3.63, 3.8) is 0 Å². The van der Waals surface area contributed by atoms with Crippen LogP contribution in [0.15, 0.2) is 42.5 Å². The average Bonchev–Trinajstić information content (AvgIpc) is 2.27. The van der Waals surface area contributed by atoms with Gasteiger partial charge in [-0.1, -0.05) is 36.4 Å². The van der Waals surface area contributed by atoms with E-state index in [1.807, 2.05) is 42.5 Å². The lowest BCUT2D eigenvalue weighted by Gasteiger charge is -2.04. The van der Waals surface area contributed by atoms with Gasteiger partial charge < -0.3 is 12.6 Å². The van der Waals surface area contributed by atoms with E-state index in [0.29, 0.717) is 5.56 Å². The molecule has 0 aliphatic heterocycles. The molecule has 0 saturated carbocycles. The van der Waals surface area contributed by atoms with E-state index in [2.05, 4.69) is 0 Å². The van der Waals surface area contributed by atoms with Crippen LogP contribution in [0.4, 0.5) is 0 Å². The zero-order chi connectivity index (χ0) is 9.97. The van der Waals surface area contributed by atoms with Crippen LogP contribution >= 0.6 is 0 Å². The molecule has 0 N–H and O–H groups in total. The van der Waals surface area contributed by atoms with E-state index in [9.17, 15) is 4.79 Å². The van der Waals surface area contributed by atoms with Crippen molar-refractivity contribution in [1.29, 1.82) is 0 Å². The summed E-state index contributed by atoms with van der Waals surface area (Å²) in [5.74, 6) is 0.170. The molecule has 0 heterocycles. The molecule has 0 unspecified atom stereocenters. The van der Waals surface area contributed by atoms with Crippen LogP contribution in [0.3, 0.4) is 0 Å². The molecule has 0 aliphatic carbocycles. The van der Waals surface area contributed by atoms with E-state index in [0.717, 1.165) is 10.8 Å². The maximum Gasteiger partial charge on any atom is 0.139 e. The summed E-state index contributed by atoms with van der Waals surface area (Å²) in [5.41, 5.74) is 0.707. The molecule has 0 saturated heterocycles. The predicted octanol–water partition coefficient (Wildman–Crippen LogP) is 2.57. The molecule has 0 radical (unpaired) electrons. The Morgan fingerprint density at radius 1 is 1.07 bits per heavy atom. The van der Waals surface area contributed by atoms with E-state index < -0.39 is 0 Å². The Morgan fingerprint density at radius 2 is 1.79 bits per heavy atom. The fraction of sp³-hybridized carbons (Fsp3) is 0.0833. The highest BCUT2D eigenvalue weighted by Gasteiger charge is 2.00. The monoisotopic (exact) mass is 201 g/mol. The Kier molecular flexibility index (Phi) is 2.55. The molecule has 1 nitrogen and oxygen atoms in total. The first-order chi connectivity index (χ1) is 6.81. The van der Waals surface area contributed by atoms with Crippen molar-refractivity contribution in [3.05, 3.63) is 48.0 Å². The van der Waals surface area contributed by atoms with Crippen LogP contribution < -0.4 is 0 Å². The van der Waals surface area contributed by atoms with E-state index >= 15 is 0 Å². The van der Waals surface area contributed by atoms with Crippen LogP contribution in [0.2, 0.25) is 0 Å². The fourth-order valence-corrected chi connectivity index (χ4v) is 1.61. The topological polar surface area (TPSA) is 17.1 Å². The molecular weight excluding hydrogens is 192 g/mol. The average molecular weight is 201 g/mol. The van der Waals surface area contributed by atoms with Crippen LogP contribution in [0.5, 0.6) is 0 Å². The van der Waals surface area contributed by atoms with Gasteiger partial charge >= 0.3 is 0 Å².